The summed E-state index contributed by atoms with van der Waals surface area (Å²) in [6.07, 6.45) is 0. The molecule has 18 heavy (non-hydrogen) atoms. The summed E-state index contributed by atoms with van der Waals surface area (Å²) in [6, 6.07) is 14.9. The van der Waals surface area contributed by atoms with Gasteiger partial charge in [-0.25, -0.2) is 0 Å². The first-order valence-corrected chi connectivity index (χ1v) is 7.29. The Labute approximate surface area is 116 Å². The van der Waals surface area contributed by atoms with Crippen LogP contribution in [0.25, 0.3) is 10.8 Å². The van der Waals surface area contributed by atoms with Gasteiger partial charge in [0.1, 0.15) is 0 Å². The minimum absolute atomic E-state index is 0.0678. The molecule has 1 heterocycles. The Bertz CT molecular complexity index is 671. The van der Waals surface area contributed by atoms with Gasteiger partial charge in [-0.3, -0.25) is 0 Å². The summed E-state index contributed by atoms with van der Waals surface area (Å²) < 4.78 is 0. The Hall–Kier alpha value is -1.31. The standard InChI is InChI=1S/C16H13ClS/c1-11-6-7-15(14-5-3-2-4-13(11)14)16(17)12-8-9-18-10-12/h2-10,16H,1H3. The fraction of sp³-hybridized carbons (Fsp3) is 0.125. The number of benzene rings is 2. The van der Waals surface area contributed by atoms with E-state index in [1.807, 2.05) is 0 Å². The van der Waals surface area contributed by atoms with Gasteiger partial charge in [-0.2, -0.15) is 11.3 Å². The van der Waals surface area contributed by atoms with Crippen LogP contribution in [0, 0.1) is 6.92 Å². The van der Waals surface area contributed by atoms with Crippen molar-refractivity contribution >= 4 is 33.7 Å². The molecule has 0 amide bonds. The molecule has 0 nitrogen and oxygen atoms in total. The van der Waals surface area contributed by atoms with E-state index in [-0.39, 0.29) is 5.38 Å². The van der Waals surface area contributed by atoms with E-state index in [4.69, 9.17) is 11.6 Å². The van der Waals surface area contributed by atoms with E-state index >= 15 is 0 Å². The number of rotatable bonds is 2. The first-order chi connectivity index (χ1) is 8.77. The molecule has 1 unspecified atom stereocenters. The number of aryl methyl sites for hydroxylation is 1. The maximum absolute atomic E-state index is 6.61. The highest BCUT2D eigenvalue weighted by atomic mass is 35.5. The molecule has 0 aliphatic carbocycles. The van der Waals surface area contributed by atoms with Gasteiger partial charge >= 0.3 is 0 Å². The van der Waals surface area contributed by atoms with Gasteiger partial charge in [0.15, 0.2) is 0 Å². The van der Waals surface area contributed by atoms with E-state index < -0.39 is 0 Å². The van der Waals surface area contributed by atoms with Crippen molar-refractivity contribution in [1.29, 1.82) is 0 Å². The first-order valence-electron chi connectivity index (χ1n) is 5.92. The lowest BCUT2D eigenvalue weighted by Gasteiger charge is -2.13. The Morgan fingerprint density at radius 1 is 1.00 bits per heavy atom. The molecule has 2 heteroatoms. The Balaban J connectivity index is 2.21. The molecule has 0 N–H and O–H groups in total. The molecule has 2 aromatic carbocycles. The minimum atomic E-state index is -0.0678. The van der Waals surface area contributed by atoms with E-state index in [1.54, 1.807) is 11.3 Å². The zero-order valence-electron chi connectivity index (χ0n) is 10.1. The molecule has 90 valence electrons. The lowest BCUT2D eigenvalue weighted by molar-refractivity contribution is 1.17. The summed E-state index contributed by atoms with van der Waals surface area (Å²) in [6.45, 7) is 2.14. The Morgan fingerprint density at radius 3 is 2.50 bits per heavy atom. The number of fused-ring (bicyclic) bond motifs is 1. The predicted molar refractivity (Wildman–Crippen MR) is 80.7 cm³/mol. The number of thiophene rings is 1. The SMILES string of the molecule is Cc1ccc(C(Cl)c2ccsc2)c2ccccc12. The average Bonchev–Trinajstić information content (AvgIpc) is 2.93. The van der Waals surface area contributed by atoms with Crippen LogP contribution in [0.2, 0.25) is 0 Å². The average molecular weight is 273 g/mol. The first kappa shape index (κ1) is 11.8. The van der Waals surface area contributed by atoms with Gasteiger partial charge in [0.2, 0.25) is 0 Å². The zero-order chi connectivity index (χ0) is 12.5. The molecule has 1 aromatic heterocycles. The molecule has 0 saturated carbocycles. The minimum Gasteiger partial charge on any atom is -0.152 e. The van der Waals surface area contributed by atoms with E-state index in [2.05, 4.69) is 60.1 Å². The second-order valence-electron chi connectivity index (χ2n) is 4.44. The lowest BCUT2D eigenvalue weighted by atomic mass is 9.96. The largest absolute Gasteiger partial charge is 0.152 e. The maximum atomic E-state index is 6.61. The van der Waals surface area contributed by atoms with E-state index in [0.717, 1.165) is 0 Å². The van der Waals surface area contributed by atoms with Crippen molar-refractivity contribution in [2.24, 2.45) is 0 Å². The van der Waals surface area contributed by atoms with E-state index in [0.29, 0.717) is 0 Å². The van der Waals surface area contributed by atoms with Crippen LogP contribution in [-0.4, -0.2) is 0 Å². The Morgan fingerprint density at radius 2 is 1.78 bits per heavy atom. The van der Waals surface area contributed by atoms with Crippen molar-refractivity contribution < 1.29 is 0 Å². The van der Waals surface area contributed by atoms with Crippen LogP contribution in [-0.2, 0) is 0 Å². The highest BCUT2D eigenvalue weighted by molar-refractivity contribution is 7.08. The second-order valence-corrected chi connectivity index (χ2v) is 5.65. The molecule has 0 spiro atoms. The van der Waals surface area contributed by atoms with Gasteiger partial charge in [0, 0.05) is 0 Å². The summed E-state index contributed by atoms with van der Waals surface area (Å²) in [7, 11) is 0. The third-order valence-corrected chi connectivity index (χ3v) is 4.47. The second kappa shape index (κ2) is 4.75. The van der Waals surface area contributed by atoms with Gasteiger partial charge in [-0.05, 0) is 51.2 Å². The summed E-state index contributed by atoms with van der Waals surface area (Å²) >= 11 is 8.30. The fourth-order valence-corrected chi connectivity index (χ4v) is 3.38. The smallest absolute Gasteiger partial charge is 0.0849 e. The monoisotopic (exact) mass is 272 g/mol. The van der Waals surface area contributed by atoms with Gasteiger partial charge < -0.3 is 0 Å². The number of hydrogen-bond donors (Lipinski definition) is 0. The van der Waals surface area contributed by atoms with Crippen LogP contribution in [0.5, 0.6) is 0 Å². The van der Waals surface area contributed by atoms with Crippen LogP contribution < -0.4 is 0 Å². The normalized spacial score (nSPS) is 12.8. The molecule has 0 fully saturated rings. The summed E-state index contributed by atoms with van der Waals surface area (Å²) in [5, 5.41) is 6.66. The maximum Gasteiger partial charge on any atom is 0.0849 e. The van der Waals surface area contributed by atoms with Gasteiger partial charge in [-0.15, -0.1) is 11.6 Å². The molecule has 3 aromatic rings. The van der Waals surface area contributed by atoms with Gasteiger partial charge in [-0.1, -0.05) is 36.4 Å². The number of halogens is 1. The lowest BCUT2D eigenvalue weighted by Crippen LogP contribution is -1.93. The van der Waals surface area contributed by atoms with Crippen LogP contribution in [0.3, 0.4) is 0 Å². The highest BCUT2D eigenvalue weighted by Gasteiger charge is 2.14. The molecule has 0 saturated heterocycles. The summed E-state index contributed by atoms with van der Waals surface area (Å²) in [5.74, 6) is 0. The van der Waals surface area contributed by atoms with Crippen molar-refractivity contribution in [3.63, 3.8) is 0 Å². The molecule has 0 bridgehead atoms. The highest BCUT2D eigenvalue weighted by Crippen LogP contribution is 2.35. The topological polar surface area (TPSA) is 0 Å². The van der Waals surface area contributed by atoms with Crippen molar-refractivity contribution in [1.82, 2.24) is 0 Å². The predicted octanol–water partition coefficient (Wildman–Crippen LogP) is 5.54. The van der Waals surface area contributed by atoms with Crippen molar-refractivity contribution in [2.45, 2.75) is 12.3 Å². The van der Waals surface area contributed by atoms with Crippen molar-refractivity contribution in [2.75, 3.05) is 0 Å². The zero-order valence-corrected chi connectivity index (χ0v) is 11.6. The third-order valence-electron chi connectivity index (χ3n) is 3.28. The fourth-order valence-electron chi connectivity index (χ4n) is 2.29. The molecular formula is C16H13ClS. The van der Waals surface area contributed by atoms with Gasteiger partial charge in [0.25, 0.3) is 0 Å². The third kappa shape index (κ3) is 1.94. The quantitative estimate of drug-likeness (QED) is 0.538. The Kier molecular flexibility index (Phi) is 3.11. The van der Waals surface area contributed by atoms with Crippen LogP contribution >= 0.6 is 22.9 Å². The molecule has 1 atom stereocenters. The van der Waals surface area contributed by atoms with E-state index in [9.17, 15) is 0 Å². The number of hydrogen-bond acceptors (Lipinski definition) is 1. The van der Waals surface area contributed by atoms with Crippen LogP contribution in [0.15, 0.2) is 53.2 Å². The van der Waals surface area contributed by atoms with Crippen LogP contribution in [0.4, 0.5) is 0 Å². The molecular weight excluding hydrogens is 260 g/mol. The molecule has 0 radical (unpaired) electrons. The molecule has 0 aliphatic heterocycles. The van der Waals surface area contributed by atoms with Crippen molar-refractivity contribution in [3.8, 4) is 0 Å². The number of alkyl halides is 1. The van der Waals surface area contributed by atoms with Crippen molar-refractivity contribution in [3.05, 3.63) is 69.9 Å². The van der Waals surface area contributed by atoms with E-state index in [1.165, 1.54) is 27.5 Å². The molecule has 0 aliphatic rings. The molecule has 3 rings (SSSR count). The van der Waals surface area contributed by atoms with Crippen LogP contribution in [0.1, 0.15) is 22.1 Å². The van der Waals surface area contributed by atoms with Gasteiger partial charge in [0.05, 0.1) is 5.38 Å². The summed E-state index contributed by atoms with van der Waals surface area (Å²) in [4.78, 5) is 0. The summed E-state index contributed by atoms with van der Waals surface area (Å²) in [5.41, 5.74) is 3.66.